The molecule has 0 radical (unpaired) electrons. The number of amides is 1. The number of hydrogen-bond acceptors (Lipinski definition) is 4. The third-order valence-corrected chi connectivity index (χ3v) is 5.28. The molecule has 128 valence electrons. The first kappa shape index (κ1) is 17.0. The number of benzene rings is 1. The van der Waals surface area contributed by atoms with Crippen LogP contribution < -0.4 is 5.32 Å². The number of nitrogens with one attached hydrogen (secondary N) is 1. The van der Waals surface area contributed by atoms with Crippen molar-refractivity contribution in [3.05, 3.63) is 47.8 Å². The summed E-state index contributed by atoms with van der Waals surface area (Å²) >= 11 is 1.74. The largest absolute Gasteiger partial charge is 0.380 e. The van der Waals surface area contributed by atoms with Gasteiger partial charge in [0.15, 0.2) is 0 Å². The van der Waals surface area contributed by atoms with Gasteiger partial charge in [-0.2, -0.15) is 11.8 Å². The number of hydrogen-bond donors (Lipinski definition) is 2. The molecule has 0 saturated carbocycles. The summed E-state index contributed by atoms with van der Waals surface area (Å²) in [6.07, 6.45) is 4.23. The number of carbonyl (C=O) groups is 1. The molecule has 2 N–H and O–H groups in total. The monoisotopic (exact) mass is 349 g/mol. The molecule has 7 heteroatoms. The van der Waals surface area contributed by atoms with Crippen molar-refractivity contribution < 1.29 is 14.3 Å². The number of rotatable bonds is 4. The summed E-state index contributed by atoms with van der Waals surface area (Å²) in [5.41, 5.74) is -0.225. The minimum absolute atomic E-state index is 0.189. The molecule has 2 heterocycles. The van der Waals surface area contributed by atoms with Crippen LogP contribution in [0.1, 0.15) is 24.2 Å². The van der Waals surface area contributed by atoms with E-state index >= 15 is 0 Å². The average Bonchev–Trinajstić information content (AvgIpc) is 2.99. The van der Waals surface area contributed by atoms with Crippen LogP contribution in [0.4, 0.5) is 4.39 Å². The Morgan fingerprint density at radius 2 is 2.21 bits per heavy atom. The van der Waals surface area contributed by atoms with Crippen LogP contribution in [0.25, 0.3) is 5.69 Å². The van der Waals surface area contributed by atoms with E-state index in [0.717, 1.165) is 11.5 Å². The molecule has 1 saturated heterocycles. The number of aromatic nitrogens is 2. The first-order valence-corrected chi connectivity index (χ1v) is 9.02. The van der Waals surface area contributed by atoms with Crippen molar-refractivity contribution in [3.8, 4) is 5.69 Å². The number of aliphatic hydroxyl groups is 1. The fourth-order valence-corrected chi connectivity index (χ4v) is 3.94. The van der Waals surface area contributed by atoms with E-state index in [1.807, 2.05) is 0 Å². The number of halogens is 1. The van der Waals surface area contributed by atoms with Gasteiger partial charge < -0.3 is 15.0 Å². The number of carbonyl (C=O) groups excluding carboxylic acids is 1. The SMILES string of the molecule is Cc1nccn1-c1ccc(CNC(=O)C2(O)CCSCC2)cc1F. The third kappa shape index (κ3) is 3.47. The molecule has 0 spiro atoms. The highest BCUT2D eigenvalue weighted by Gasteiger charge is 2.37. The first-order chi connectivity index (χ1) is 11.5. The fraction of sp³-hybridized carbons (Fsp3) is 0.412. The van der Waals surface area contributed by atoms with Gasteiger partial charge in [0.2, 0.25) is 0 Å². The third-order valence-electron chi connectivity index (χ3n) is 4.29. The Kier molecular flexibility index (Phi) is 4.91. The Labute approximate surface area is 144 Å². The van der Waals surface area contributed by atoms with E-state index < -0.39 is 5.60 Å². The average molecular weight is 349 g/mol. The molecule has 0 bridgehead atoms. The van der Waals surface area contributed by atoms with Crippen molar-refractivity contribution in [3.63, 3.8) is 0 Å². The second-order valence-electron chi connectivity index (χ2n) is 5.96. The molecule has 2 aromatic rings. The molecule has 1 aromatic heterocycles. The zero-order valence-electron chi connectivity index (χ0n) is 13.5. The topological polar surface area (TPSA) is 67.2 Å². The lowest BCUT2D eigenvalue weighted by atomic mass is 9.95. The second-order valence-corrected chi connectivity index (χ2v) is 7.18. The van der Waals surface area contributed by atoms with Gasteiger partial charge in [-0.05, 0) is 49.0 Å². The van der Waals surface area contributed by atoms with Crippen molar-refractivity contribution in [1.82, 2.24) is 14.9 Å². The Morgan fingerprint density at radius 3 is 2.83 bits per heavy atom. The lowest BCUT2D eigenvalue weighted by molar-refractivity contribution is -0.140. The van der Waals surface area contributed by atoms with Gasteiger partial charge in [0.1, 0.15) is 17.2 Å². The van der Waals surface area contributed by atoms with Crippen molar-refractivity contribution in [2.45, 2.75) is 31.9 Å². The summed E-state index contributed by atoms with van der Waals surface area (Å²) in [5.74, 6) is 1.50. The molecule has 0 unspecified atom stereocenters. The van der Waals surface area contributed by atoms with Gasteiger partial charge in [-0.3, -0.25) is 4.79 Å². The highest BCUT2D eigenvalue weighted by molar-refractivity contribution is 7.99. The van der Waals surface area contributed by atoms with Gasteiger partial charge in [0.05, 0.1) is 5.69 Å². The van der Waals surface area contributed by atoms with Crippen LogP contribution in [0.5, 0.6) is 0 Å². The Hall–Kier alpha value is -1.86. The van der Waals surface area contributed by atoms with Gasteiger partial charge in [-0.25, -0.2) is 9.37 Å². The number of thioether (sulfide) groups is 1. The second kappa shape index (κ2) is 6.94. The molecule has 5 nitrogen and oxygen atoms in total. The summed E-state index contributed by atoms with van der Waals surface area (Å²) < 4.78 is 16.0. The smallest absolute Gasteiger partial charge is 0.252 e. The van der Waals surface area contributed by atoms with Crippen molar-refractivity contribution in [2.75, 3.05) is 11.5 Å². The predicted octanol–water partition coefficient (Wildman–Crippen LogP) is 2.19. The van der Waals surface area contributed by atoms with Gasteiger partial charge in [-0.15, -0.1) is 0 Å². The lowest BCUT2D eigenvalue weighted by Gasteiger charge is -2.30. The number of nitrogens with zero attached hydrogens (tertiary/aromatic N) is 2. The highest BCUT2D eigenvalue weighted by Crippen LogP contribution is 2.27. The molecule has 24 heavy (non-hydrogen) atoms. The molecule has 0 aliphatic carbocycles. The summed E-state index contributed by atoms with van der Waals surface area (Å²) in [7, 11) is 0. The van der Waals surface area contributed by atoms with E-state index in [2.05, 4.69) is 10.3 Å². The summed E-state index contributed by atoms with van der Waals surface area (Å²) in [6.45, 7) is 1.99. The summed E-state index contributed by atoms with van der Waals surface area (Å²) in [4.78, 5) is 16.3. The lowest BCUT2D eigenvalue weighted by Crippen LogP contribution is -2.48. The molecule has 1 aliphatic heterocycles. The normalized spacial score (nSPS) is 16.8. The fourth-order valence-electron chi connectivity index (χ4n) is 2.77. The Morgan fingerprint density at radius 1 is 1.46 bits per heavy atom. The number of aryl methyl sites for hydroxylation is 1. The molecule has 0 atom stereocenters. The molecule has 1 fully saturated rings. The standard InChI is InChI=1S/C17H20FN3O2S/c1-12-19-6-7-21(12)15-3-2-13(10-14(15)18)11-20-16(22)17(23)4-8-24-9-5-17/h2-3,6-7,10,23H,4-5,8-9,11H2,1H3,(H,20,22). The maximum Gasteiger partial charge on any atom is 0.252 e. The van der Waals surface area contributed by atoms with Crippen LogP contribution in [0.15, 0.2) is 30.6 Å². The Balaban J connectivity index is 1.67. The van der Waals surface area contributed by atoms with E-state index in [1.54, 1.807) is 47.8 Å². The van der Waals surface area contributed by atoms with Crippen LogP contribution in [0, 0.1) is 12.7 Å². The molecular weight excluding hydrogens is 329 g/mol. The van der Waals surface area contributed by atoms with E-state index in [4.69, 9.17) is 0 Å². The predicted molar refractivity (Wildman–Crippen MR) is 91.6 cm³/mol. The summed E-state index contributed by atoms with van der Waals surface area (Å²) in [5, 5.41) is 13.1. The van der Waals surface area contributed by atoms with E-state index in [-0.39, 0.29) is 18.3 Å². The van der Waals surface area contributed by atoms with Crippen LogP contribution >= 0.6 is 11.8 Å². The zero-order valence-corrected chi connectivity index (χ0v) is 14.3. The van der Waals surface area contributed by atoms with Crippen LogP contribution in [0.2, 0.25) is 0 Å². The zero-order chi connectivity index (χ0) is 17.2. The first-order valence-electron chi connectivity index (χ1n) is 7.87. The van der Waals surface area contributed by atoms with Crippen molar-refractivity contribution in [2.24, 2.45) is 0 Å². The van der Waals surface area contributed by atoms with Crippen molar-refractivity contribution in [1.29, 1.82) is 0 Å². The molecule has 1 aromatic carbocycles. The molecule has 3 rings (SSSR count). The van der Waals surface area contributed by atoms with Gasteiger partial charge in [-0.1, -0.05) is 6.07 Å². The maximum atomic E-state index is 14.3. The van der Waals surface area contributed by atoms with Crippen LogP contribution in [-0.4, -0.2) is 37.7 Å². The highest BCUT2D eigenvalue weighted by atomic mass is 32.2. The molecule has 1 amide bonds. The number of imidazole rings is 1. The van der Waals surface area contributed by atoms with Gasteiger partial charge in [0.25, 0.3) is 5.91 Å². The maximum absolute atomic E-state index is 14.3. The molecular formula is C17H20FN3O2S. The van der Waals surface area contributed by atoms with E-state index in [9.17, 15) is 14.3 Å². The van der Waals surface area contributed by atoms with Gasteiger partial charge in [0, 0.05) is 18.9 Å². The summed E-state index contributed by atoms with van der Waals surface area (Å²) in [6, 6.07) is 4.83. The van der Waals surface area contributed by atoms with Gasteiger partial charge >= 0.3 is 0 Å². The van der Waals surface area contributed by atoms with Crippen LogP contribution in [-0.2, 0) is 11.3 Å². The quantitative estimate of drug-likeness (QED) is 0.888. The molecule has 1 aliphatic rings. The minimum Gasteiger partial charge on any atom is -0.380 e. The minimum atomic E-state index is -1.29. The van der Waals surface area contributed by atoms with E-state index in [1.165, 1.54) is 6.07 Å². The van der Waals surface area contributed by atoms with Crippen LogP contribution in [0.3, 0.4) is 0 Å². The van der Waals surface area contributed by atoms with Crippen molar-refractivity contribution >= 4 is 17.7 Å². The van der Waals surface area contributed by atoms with E-state index in [0.29, 0.717) is 29.9 Å². The Bertz CT molecular complexity index is 741.